The van der Waals surface area contributed by atoms with Gasteiger partial charge < -0.3 is 5.11 Å². The number of hydrogen-bond acceptors (Lipinski definition) is 1. The predicted molar refractivity (Wildman–Crippen MR) is 56.0 cm³/mol. The van der Waals surface area contributed by atoms with E-state index >= 15 is 0 Å². The quantitative estimate of drug-likeness (QED) is 0.730. The number of phenols is 1. The molecule has 0 spiro atoms. The minimum absolute atomic E-state index is 0.166. The van der Waals surface area contributed by atoms with Crippen molar-refractivity contribution in [3.63, 3.8) is 0 Å². The number of aromatic hydroxyl groups is 1. The first kappa shape index (κ1) is 11.0. The molecule has 1 aromatic rings. The molecule has 0 radical (unpaired) electrons. The Morgan fingerprint density at radius 2 is 2.00 bits per heavy atom. The molecule has 0 heterocycles. The molecule has 2 heteroatoms. The first-order valence-electron chi connectivity index (χ1n) is 5.13. The number of halogens is 1. The van der Waals surface area contributed by atoms with Gasteiger partial charge in [0.05, 0.1) is 0 Å². The van der Waals surface area contributed by atoms with Gasteiger partial charge in [-0.3, -0.25) is 0 Å². The number of unbranched alkanes of at least 4 members (excludes halogenated alkanes) is 2. The molecule has 0 amide bonds. The van der Waals surface area contributed by atoms with Gasteiger partial charge in [0.1, 0.15) is 0 Å². The van der Waals surface area contributed by atoms with Gasteiger partial charge >= 0.3 is 0 Å². The van der Waals surface area contributed by atoms with Gasteiger partial charge in [-0.05, 0) is 37.0 Å². The van der Waals surface area contributed by atoms with Gasteiger partial charge in [-0.1, -0.05) is 25.8 Å². The molecule has 0 saturated heterocycles. The highest BCUT2D eigenvalue weighted by atomic mass is 19.1. The SMILES string of the molecule is CCCCCc1c(C)ccc(F)c1O. The highest BCUT2D eigenvalue weighted by molar-refractivity contribution is 5.39. The Hall–Kier alpha value is -1.05. The molecule has 1 nitrogen and oxygen atoms in total. The van der Waals surface area contributed by atoms with Gasteiger partial charge in [0, 0.05) is 0 Å². The maximum atomic E-state index is 13.0. The Bertz CT molecular complexity index is 307. The smallest absolute Gasteiger partial charge is 0.165 e. The lowest BCUT2D eigenvalue weighted by atomic mass is 10.0. The molecule has 0 fully saturated rings. The van der Waals surface area contributed by atoms with Gasteiger partial charge in [0.2, 0.25) is 0 Å². The van der Waals surface area contributed by atoms with E-state index in [4.69, 9.17) is 0 Å². The molecule has 14 heavy (non-hydrogen) atoms. The lowest BCUT2D eigenvalue weighted by Crippen LogP contribution is -1.93. The van der Waals surface area contributed by atoms with E-state index in [2.05, 4.69) is 6.92 Å². The standard InChI is InChI=1S/C12H17FO/c1-3-4-5-6-10-9(2)7-8-11(13)12(10)14/h7-8,14H,3-6H2,1-2H3. The summed E-state index contributed by atoms with van der Waals surface area (Å²) in [5, 5.41) is 9.50. The molecule has 0 aliphatic carbocycles. The molecular formula is C12H17FO. The largest absolute Gasteiger partial charge is 0.505 e. The average molecular weight is 196 g/mol. The van der Waals surface area contributed by atoms with E-state index < -0.39 is 5.82 Å². The van der Waals surface area contributed by atoms with E-state index in [0.29, 0.717) is 0 Å². The van der Waals surface area contributed by atoms with E-state index in [1.54, 1.807) is 6.07 Å². The molecule has 0 bridgehead atoms. The summed E-state index contributed by atoms with van der Waals surface area (Å²) < 4.78 is 13.0. The molecule has 0 aliphatic rings. The maximum Gasteiger partial charge on any atom is 0.165 e. The van der Waals surface area contributed by atoms with Crippen LogP contribution in [0.4, 0.5) is 4.39 Å². The molecule has 1 N–H and O–H groups in total. The zero-order valence-electron chi connectivity index (χ0n) is 8.81. The van der Waals surface area contributed by atoms with E-state index in [9.17, 15) is 9.50 Å². The molecule has 78 valence electrons. The third-order valence-electron chi connectivity index (χ3n) is 2.50. The van der Waals surface area contributed by atoms with Crippen molar-refractivity contribution in [1.82, 2.24) is 0 Å². The summed E-state index contributed by atoms with van der Waals surface area (Å²) in [6.45, 7) is 4.03. The van der Waals surface area contributed by atoms with Crippen molar-refractivity contribution >= 4 is 0 Å². The van der Waals surface area contributed by atoms with Crippen LogP contribution in [0.25, 0.3) is 0 Å². The summed E-state index contributed by atoms with van der Waals surface area (Å²) in [5.41, 5.74) is 1.73. The van der Waals surface area contributed by atoms with Crippen LogP contribution in [0.5, 0.6) is 5.75 Å². The minimum Gasteiger partial charge on any atom is -0.505 e. The summed E-state index contributed by atoms with van der Waals surface area (Å²) in [4.78, 5) is 0. The zero-order valence-corrected chi connectivity index (χ0v) is 8.81. The fourth-order valence-electron chi connectivity index (χ4n) is 1.58. The summed E-state index contributed by atoms with van der Waals surface area (Å²) in [6.07, 6.45) is 4.03. The Morgan fingerprint density at radius 1 is 1.29 bits per heavy atom. The van der Waals surface area contributed by atoms with Crippen molar-refractivity contribution in [2.24, 2.45) is 0 Å². The Kier molecular flexibility index (Phi) is 3.93. The Balaban J connectivity index is 2.79. The van der Waals surface area contributed by atoms with Gasteiger partial charge in [0.15, 0.2) is 11.6 Å². The summed E-state index contributed by atoms with van der Waals surface area (Å²) in [6, 6.07) is 3.03. The third-order valence-corrected chi connectivity index (χ3v) is 2.50. The first-order valence-corrected chi connectivity index (χ1v) is 5.13. The second-order valence-corrected chi connectivity index (χ2v) is 3.65. The summed E-state index contributed by atoms with van der Waals surface area (Å²) >= 11 is 0. The van der Waals surface area contributed by atoms with Crippen molar-refractivity contribution in [3.8, 4) is 5.75 Å². The van der Waals surface area contributed by atoms with Crippen molar-refractivity contribution < 1.29 is 9.50 Å². The first-order chi connectivity index (χ1) is 6.66. The van der Waals surface area contributed by atoms with Crippen LogP contribution in [0, 0.1) is 12.7 Å². The normalized spacial score (nSPS) is 10.5. The van der Waals surface area contributed by atoms with E-state index in [-0.39, 0.29) is 5.75 Å². The monoisotopic (exact) mass is 196 g/mol. The van der Waals surface area contributed by atoms with Crippen molar-refractivity contribution in [2.45, 2.75) is 39.5 Å². The van der Waals surface area contributed by atoms with Gasteiger partial charge in [0.25, 0.3) is 0 Å². The topological polar surface area (TPSA) is 20.2 Å². The van der Waals surface area contributed by atoms with Crippen LogP contribution in [0.15, 0.2) is 12.1 Å². The molecular weight excluding hydrogens is 179 g/mol. The average Bonchev–Trinajstić information content (AvgIpc) is 2.18. The summed E-state index contributed by atoms with van der Waals surface area (Å²) in [5.74, 6) is -0.678. The second kappa shape index (κ2) is 4.99. The Labute approximate surface area is 84.6 Å². The van der Waals surface area contributed by atoms with E-state index in [1.165, 1.54) is 6.07 Å². The lowest BCUT2D eigenvalue weighted by Gasteiger charge is -2.08. The Morgan fingerprint density at radius 3 is 2.64 bits per heavy atom. The fourth-order valence-corrected chi connectivity index (χ4v) is 1.58. The molecule has 0 aromatic heterocycles. The van der Waals surface area contributed by atoms with Crippen LogP contribution in [0.3, 0.4) is 0 Å². The molecule has 0 atom stereocenters. The molecule has 0 saturated carbocycles. The van der Waals surface area contributed by atoms with Gasteiger partial charge in [-0.2, -0.15) is 0 Å². The number of benzene rings is 1. The van der Waals surface area contributed by atoms with Crippen molar-refractivity contribution in [1.29, 1.82) is 0 Å². The minimum atomic E-state index is -0.512. The molecule has 0 aliphatic heterocycles. The number of phenolic OH excluding ortho intramolecular Hbond substituents is 1. The molecule has 1 rings (SSSR count). The van der Waals surface area contributed by atoms with Gasteiger partial charge in [-0.15, -0.1) is 0 Å². The van der Waals surface area contributed by atoms with E-state index in [0.717, 1.165) is 36.8 Å². The lowest BCUT2D eigenvalue weighted by molar-refractivity contribution is 0.424. The predicted octanol–water partition coefficient (Wildman–Crippen LogP) is 3.57. The highest BCUT2D eigenvalue weighted by Crippen LogP contribution is 2.26. The fraction of sp³-hybridized carbons (Fsp3) is 0.500. The molecule has 1 aromatic carbocycles. The van der Waals surface area contributed by atoms with Crippen LogP contribution in [0.1, 0.15) is 37.3 Å². The van der Waals surface area contributed by atoms with Crippen LogP contribution in [-0.4, -0.2) is 5.11 Å². The van der Waals surface area contributed by atoms with Crippen molar-refractivity contribution in [2.75, 3.05) is 0 Å². The number of hydrogen-bond donors (Lipinski definition) is 1. The number of rotatable bonds is 4. The van der Waals surface area contributed by atoms with Gasteiger partial charge in [-0.25, -0.2) is 4.39 Å². The maximum absolute atomic E-state index is 13.0. The highest BCUT2D eigenvalue weighted by Gasteiger charge is 2.09. The molecule has 0 unspecified atom stereocenters. The van der Waals surface area contributed by atoms with Crippen LogP contribution in [0.2, 0.25) is 0 Å². The van der Waals surface area contributed by atoms with E-state index in [1.807, 2.05) is 6.92 Å². The zero-order chi connectivity index (χ0) is 10.6. The second-order valence-electron chi connectivity index (χ2n) is 3.65. The van der Waals surface area contributed by atoms with Crippen LogP contribution < -0.4 is 0 Å². The third kappa shape index (κ3) is 2.47. The van der Waals surface area contributed by atoms with Crippen molar-refractivity contribution in [3.05, 3.63) is 29.1 Å². The van der Waals surface area contributed by atoms with Crippen LogP contribution in [-0.2, 0) is 6.42 Å². The van der Waals surface area contributed by atoms with Crippen LogP contribution >= 0.6 is 0 Å². The number of aryl methyl sites for hydroxylation is 1. The summed E-state index contributed by atoms with van der Waals surface area (Å²) in [7, 11) is 0.